The van der Waals surface area contributed by atoms with E-state index in [2.05, 4.69) is 39.4 Å². The highest BCUT2D eigenvalue weighted by Gasteiger charge is 2.20. The van der Waals surface area contributed by atoms with Gasteiger partial charge in [0, 0.05) is 26.2 Å². The summed E-state index contributed by atoms with van der Waals surface area (Å²) in [6.07, 6.45) is 3.45. The van der Waals surface area contributed by atoms with Gasteiger partial charge >= 0.3 is 0 Å². The van der Waals surface area contributed by atoms with Crippen LogP contribution in [0.5, 0.6) is 0 Å². The third-order valence-corrected chi connectivity index (χ3v) is 5.65. The Morgan fingerprint density at radius 3 is 2.65 bits per heavy atom. The second kappa shape index (κ2) is 11.1. The molecule has 0 aromatic carbocycles. The molecule has 3 N–H and O–H groups in total. The summed E-state index contributed by atoms with van der Waals surface area (Å²) in [5.41, 5.74) is 0.906. The minimum Gasteiger partial charge on any atom is -0.359 e. The van der Waals surface area contributed by atoms with Crippen molar-refractivity contribution >= 4 is 40.0 Å². The lowest BCUT2D eigenvalue weighted by Gasteiger charge is -2.25. The van der Waals surface area contributed by atoms with Gasteiger partial charge in [-0.15, -0.1) is 24.0 Å². The minimum atomic E-state index is -3.25. The molecule has 10 heteroatoms. The summed E-state index contributed by atoms with van der Waals surface area (Å²) in [5.74, 6) is 2.07. The zero-order valence-electron chi connectivity index (χ0n) is 15.6. The zero-order chi connectivity index (χ0) is 18.3. The molecular weight excluding hydrogens is 469 g/mol. The first-order valence-electron chi connectivity index (χ1n) is 8.77. The highest BCUT2D eigenvalue weighted by molar-refractivity contribution is 14.0. The van der Waals surface area contributed by atoms with Crippen LogP contribution in [0, 0.1) is 5.92 Å². The maximum Gasteiger partial charge on any atom is 0.213 e. The molecule has 0 radical (unpaired) electrons. The highest BCUT2D eigenvalue weighted by Crippen LogP contribution is 2.25. The van der Waals surface area contributed by atoms with Crippen LogP contribution in [0.2, 0.25) is 0 Å². The third-order valence-electron chi connectivity index (χ3n) is 4.30. The Kier molecular flexibility index (Phi) is 9.86. The molecule has 1 aromatic rings. The Bertz CT molecular complexity index is 671. The number of nitrogens with zero attached hydrogens (tertiary/aromatic N) is 2. The van der Waals surface area contributed by atoms with E-state index in [4.69, 9.17) is 4.52 Å². The van der Waals surface area contributed by atoms with Gasteiger partial charge in [0.05, 0.1) is 18.0 Å². The molecule has 1 heterocycles. The molecule has 0 unspecified atom stereocenters. The van der Waals surface area contributed by atoms with Crippen molar-refractivity contribution in [3.8, 4) is 0 Å². The van der Waals surface area contributed by atoms with Crippen molar-refractivity contribution in [1.29, 1.82) is 0 Å². The average Bonchev–Trinajstić information content (AvgIpc) is 2.98. The van der Waals surface area contributed by atoms with Gasteiger partial charge in [0.15, 0.2) is 11.7 Å². The Balaban J connectivity index is 0.00000338. The SMILES string of the molecule is CN=C(NCCS(=O)(=O)NCC1CCC1)NCc1cc(C(C)C)no1.I. The van der Waals surface area contributed by atoms with Gasteiger partial charge in [-0.3, -0.25) is 4.99 Å². The first-order valence-corrected chi connectivity index (χ1v) is 10.4. The number of hydrogen-bond acceptors (Lipinski definition) is 5. The number of hydrogen-bond donors (Lipinski definition) is 3. The normalized spacial score (nSPS) is 15.5. The molecule has 1 fully saturated rings. The number of aliphatic imine (C=N–C) groups is 1. The number of rotatable bonds is 9. The molecule has 0 amide bonds. The fraction of sp³-hybridized carbons (Fsp3) is 0.750. The van der Waals surface area contributed by atoms with Crippen molar-refractivity contribution in [3.63, 3.8) is 0 Å². The lowest BCUT2D eigenvalue weighted by Crippen LogP contribution is -2.41. The number of sulfonamides is 1. The minimum absolute atomic E-state index is 0. The Labute approximate surface area is 173 Å². The molecule has 0 saturated heterocycles. The first-order chi connectivity index (χ1) is 11.9. The fourth-order valence-electron chi connectivity index (χ4n) is 2.39. The van der Waals surface area contributed by atoms with Crippen molar-refractivity contribution in [2.45, 2.75) is 45.6 Å². The summed E-state index contributed by atoms with van der Waals surface area (Å²) in [6, 6.07) is 1.90. The van der Waals surface area contributed by atoms with Crippen LogP contribution >= 0.6 is 24.0 Å². The molecule has 1 saturated carbocycles. The van der Waals surface area contributed by atoms with E-state index in [-0.39, 0.29) is 36.3 Å². The molecule has 0 bridgehead atoms. The fourth-order valence-corrected chi connectivity index (χ4v) is 3.40. The molecule has 0 spiro atoms. The van der Waals surface area contributed by atoms with Crippen molar-refractivity contribution < 1.29 is 12.9 Å². The van der Waals surface area contributed by atoms with Crippen molar-refractivity contribution in [3.05, 3.63) is 17.5 Å². The van der Waals surface area contributed by atoms with Crippen molar-refractivity contribution in [1.82, 2.24) is 20.5 Å². The quantitative estimate of drug-likeness (QED) is 0.272. The second-order valence-corrected chi connectivity index (χ2v) is 8.62. The number of guanidine groups is 1. The molecular formula is C16H30IN5O3S. The van der Waals surface area contributed by atoms with Crippen LogP contribution in [0.4, 0.5) is 0 Å². The van der Waals surface area contributed by atoms with E-state index in [0.717, 1.165) is 18.5 Å². The molecule has 0 atom stereocenters. The summed E-state index contributed by atoms with van der Waals surface area (Å²) in [5, 5.41) is 10.1. The molecule has 0 aliphatic heterocycles. The van der Waals surface area contributed by atoms with E-state index in [1.807, 2.05) is 6.07 Å². The van der Waals surface area contributed by atoms with Gasteiger partial charge in [-0.1, -0.05) is 25.4 Å². The number of nitrogens with one attached hydrogen (secondary N) is 3. The monoisotopic (exact) mass is 499 g/mol. The lowest BCUT2D eigenvalue weighted by atomic mass is 9.86. The summed E-state index contributed by atoms with van der Waals surface area (Å²) in [7, 11) is -1.62. The topological polar surface area (TPSA) is 109 Å². The summed E-state index contributed by atoms with van der Waals surface area (Å²) < 4.78 is 31.8. The second-order valence-electron chi connectivity index (χ2n) is 6.69. The standard InChI is InChI=1S/C16H29N5O3S.HI/c1-12(2)15-9-14(24-21-15)11-19-16(17-3)18-7-8-25(22,23)20-10-13-5-4-6-13;/h9,12-13,20H,4-8,10-11H2,1-3H3,(H2,17,18,19);1H. The molecule has 8 nitrogen and oxygen atoms in total. The van der Waals surface area contributed by atoms with Gasteiger partial charge in [0.25, 0.3) is 0 Å². The van der Waals surface area contributed by atoms with Crippen LogP contribution in [0.25, 0.3) is 0 Å². The number of aromatic nitrogens is 1. The van der Waals surface area contributed by atoms with Gasteiger partial charge in [0.1, 0.15) is 0 Å². The Morgan fingerprint density at radius 1 is 1.38 bits per heavy atom. The van der Waals surface area contributed by atoms with Gasteiger partial charge in [-0.05, 0) is 24.7 Å². The van der Waals surface area contributed by atoms with Gasteiger partial charge in [0.2, 0.25) is 10.0 Å². The smallest absolute Gasteiger partial charge is 0.213 e. The Hall–Kier alpha value is -0.880. The molecule has 1 aliphatic rings. The maximum atomic E-state index is 12.0. The van der Waals surface area contributed by atoms with Crippen LogP contribution in [0.3, 0.4) is 0 Å². The predicted molar refractivity (Wildman–Crippen MR) is 113 cm³/mol. The van der Waals surface area contributed by atoms with Crippen LogP contribution in [0.15, 0.2) is 15.6 Å². The molecule has 150 valence electrons. The van der Waals surface area contributed by atoms with Crippen LogP contribution < -0.4 is 15.4 Å². The first kappa shape index (κ1) is 23.2. The molecule has 1 aliphatic carbocycles. The van der Waals surface area contributed by atoms with E-state index in [1.165, 1.54) is 6.42 Å². The summed E-state index contributed by atoms with van der Waals surface area (Å²) in [4.78, 5) is 4.08. The highest BCUT2D eigenvalue weighted by atomic mass is 127. The van der Waals surface area contributed by atoms with Crippen molar-refractivity contribution in [2.24, 2.45) is 10.9 Å². The maximum absolute atomic E-state index is 12.0. The largest absolute Gasteiger partial charge is 0.359 e. The zero-order valence-corrected chi connectivity index (χ0v) is 18.8. The predicted octanol–water partition coefficient (Wildman–Crippen LogP) is 1.80. The van der Waals surface area contributed by atoms with E-state index >= 15 is 0 Å². The van der Waals surface area contributed by atoms with E-state index in [0.29, 0.717) is 36.6 Å². The van der Waals surface area contributed by atoms with Crippen LogP contribution in [0.1, 0.15) is 50.5 Å². The summed E-state index contributed by atoms with van der Waals surface area (Å²) >= 11 is 0. The van der Waals surface area contributed by atoms with Crippen molar-refractivity contribution in [2.75, 3.05) is 25.9 Å². The van der Waals surface area contributed by atoms with Gasteiger partial charge < -0.3 is 15.2 Å². The van der Waals surface area contributed by atoms with Crippen LogP contribution in [-0.2, 0) is 16.6 Å². The third kappa shape index (κ3) is 7.78. The van der Waals surface area contributed by atoms with Gasteiger partial charge in [-0.25, -0.2) is 13.1 Å². The Morgan fingerprint density at radius 2 is 2.12 bits per heavy atom. The van der Waals surface area contributed by atoms with E-state index < -0.39 is 10.0 Å². The van der Waals surface area contributed by atoms with E-state index in [1.54, 1.807) is 7.05 Å². The van der Waals surface area contributed by atoms with Gasteiger partial charge in [-0.2, -0.15) is 0 Å². The van der Waals surface area contributed by atoms with Crippen LogP contribution in [-0.4, -0.2) is 45.4 Å². The number of halogens is 1. The molecule has 1 aromatic heterocycles. The molecule has 26 heavy (non-hydrogen) atoms. The average molecular weight is 499 g/mol. The summed E-state index contributed by atoms with van der Waals surface area (Å²) in [6.45, 7) is 5.38. The van der Waals surface area contributed by atoms with E-state index in [9.17, 15) is 8.42 Å². The molecule has 2 rings (SSSR count). The lowest BCUT2D eigenvalue weighted by molar-refractivity contribution is 0.316.